The number of hydrogen-bond acceptors (Lipinski definition) is 6. The first-order chi connectivity index (χ1) is 20.9. The summed E-state index contributed by atoms with van der Waals surface area (Å²) in [5, 5.41) is 2.80. The number of thiophene rings is 1. The van der Waals surface area contributed by atoms with Crippen molar-refractivity contribution in [2.45, 2.75) is 43.1 Å². The number of morpholine rings is 1. The molecule has 0 unspecified atom stereocenters. The van der Waals surface area contributed by atoms with Gasteiger partial charge in [-0.05, 0) is 42.0 Å². The fourth-order valence-corrected chi connectivity index (χ4v) is 6.90. The van der Waals surface area contributed by atoms with Crippen LogP contribution in [-0.2, 0) is 24.6 Å². The fourth-order valence-electron chi connectivity index (χ4n) is 5.47. The average Bonchev–Trinajstić information content (AvgIpc) is 3.67. The summed E-state index contributed by atoms with van der Waals surface area (Å²) in [6.45, 7) is 1.41. The Labute approximate surface area is 256 Å². The van der Waals surface area contributed by atoms with Gasteiger partial charge in [0, 0.05) is 29.8 Å². The number of fused-ring (bicyclic) bond motifs is 1. The number of ether oxygens (including phenoxy) is 1. The molecule has 5 rings (SSSR count). The van der Waals surface area contributed by atoms with Gasteiger partial charge in [-0.15, -0.1) is 23.7 Å². The lowest BCUT2D eigenvalue weighted by atomic mass is 10.1. The number of alkyl halides is 2. The van der Waals surface area contributed by atoms with Gasteiger partial charge in [0.05, 0.1) is 18.0 Å². The lowest BCUT2D eigenvalue weighted by Gasteiger charge is -2.37. The van der Waals surface area contributed by atoms with Gasteiger partial charge >= 0.3 is 13.3 Å². The number of carbonyl (C=O) groups is 3. The van der Waals surface area contributed by atoms with Gasteiger partial charge in [0.25, 0.3) is 5.91 Å². The Morgan fingerprint density at radius 3 is 2.61 bits per heavy atom. The van der Waals surface area contributed by atoms with Crippen LogP contribution in [0.2, 0.25) is 0 Å². The molecule has 2 aliphatic rings. The third kappa shape index (κ3) is 6.41. The zero-order valence-electron chi connectivity index (χ0n) is 23.4. The zero-order chi connectivity index (χ0) is 31.6. The number of benzene rings is 2. The summed E-state index contributed by atoms with van der Waals surface area (Å²) >= 11 is 0.959. The van der Waals surface area contributed by atoms with E-state index in [1.54, 1.807) is 4.90 Å². The van der Waals surface area contributed by atoms with E-state index in [1.807, 2.05) is 30.3 Å². The molecule has 3 N–H and O–H groups in total. The highest BCUT2D eigenvalue weighted by Gasteiger charge is 2.50. The van der Waals surface area contributed by atoms with Crippen LogP contribution in [0.4, 0.5) is 8.78 Å². The van der Waals surface area contributed by atoms with Gasteiger partial charge in [-0.3, -0.25) is 18.9 Å². The maximum Gasteiger partial charge on any atom is 0.399 e. The van der Waals surface area contributed by atoms with E-state index in [4.69, 9.17) is 20.9 Å². The second-order valence-electron chi connectivity index (χ2n) is 10.6. The molecule has 0 bridgehead atoms. The van der Waals surface area contributed by atoms with Gasteiger partial charge in [0.2, 0.25) is 11.8 Å². The molecule has 232 valence electrons. The number of hydrogen-bond donors (Lipinski definition) is 3. The normalized spacial score (nSPS) is 19.9. The molecular formula is C30H30F2N3O7PS. The van der Waals surface area contributed by atoms with Crippen LogP contribution in [0.5, 0.6) is 0 Å². The summed E-state index contributed by atoms with van der Waals surface area (Å²) in [5.41, 5.74) is -4.33. The van der Waals surface area contributed by atoms with Crippen LogP contribution in [0.25, 0.3) is 10.1 Å². The lowest BCUT2D eigenvalue weighted by Crippen LogP contribution is -2.55. The van der Waals surface area contributed by atoms with Crippen LogP contribution in [0.3, 0.4) is 0 Å². The second-order valence-corrected chi connectivity index (χ2v) is 13.4. The average molecular weight is 646 g/mol. The smallest absolute Gasteiger partial charge is 0.370 e. The number of nitrogens with one attached hydrogen (secondary N) is 1. The topological polar surface area (TPSA) is 136 Å². The summed E-state index contributed by atoms with van der Waals surface area (Å²) in [6, 6.07) is 12.1. The van der Waals surface area contributed by atoms with E-state index >= 15 is 0 Å². The van der Waals surface area contributed by atoms with Crippen molar-refractivity contribution in [1.29, 1.82) is 0 Å². The second kappa shape index (κ2) is 12.8. The van der Waals surface area contributed by atoms with Crippen molar-refractivity contribution in [3.05, 3.63) is 70.6 Å². The van der Waals surface area contributed by atoms with Gasteiger partial charge in [-0.2, -0.15) is 8.78 Å². The molecule has 0 radical (unpaired) electrons. The number of halogens is 2. The first-order valence-electron chi connectivity index (χ1n) is 13.9. The number of nitrogens with zero attached hydrogens (tertiary/aromatic N) is 2. The van der Waals surface area contributed by atoms with Gasteiger partial charge in [-0.25, -0.2) is 0 Å². The molecule has 1 aromatic heterocycles. The molecule has 0 saturated carbocycles. The molecule has 2 fully saturated rings. The summed E-state index contributed by atoms with van der Waals surface area (Å²) in [7, 11) is -5.77. The fraction of sp³-hybridized carbons (Fsp3) is 0.367. The van der Waals surface area contributed by atoms with Crippen molar-refractivity contribution in [1.82, 2.24) is 15.1 Å². The van der Waals surface area contributed by atoms with Crippen molar-refractivity contribution in [2.75, 3.05) is 26.2 Å². The predicted molar refractivity (Wildman–Crippen MR) is 159 cm³/mol. The van der Waals surface area contributed by atoms with E-state index < -0.39 is 42.7 Å². The van der Waals surface area contributed by atoms with Gasteiger partial charge in [-0.1, -0.05) is 36.4 Å². The third-order valence-corrected chi connectivity index (χ3v) is 9.85. The molecule has 44 heavy (non-hydrogen) atoms. The molecule has 3 aromatic rings. The Hall–Kier alpha value is -3.66. The number of likely N-dealkylation sites (tertiary alicyclic amines) is 1. The van der Waals surface area contributed by atoms with E-state index in [9.17, 15) is 27.7 Å². The van der Waals surface area contributed by atoms with Crippen molar-refractivity contribution in [3.63, 3.8) is 0 Å². The van der Waals surface area contributed by atoms with E-state index in [1.165, 1.54) is 17.0 Å². The molecule has 0 aliphatic carbocycles. The van der Waals surface area contributed by atoms with Crippen LogP contribution in [0.15, 0.2) is 54.6 Å². The Morgan fingerprint density at radius 2 is 1.91 bits per heavy atom. The SMILES string of the molecule is C#CC[C@H](NC(=O)c1cc2cc(C(F)(F)P(=O)(O)O)ccc2s1)C(=O)N1CCC[C@H]1C(=O)N1CCO[C@@H](c2ccccc2)C1. The van der Waals surface area contributed by atoms with E-state index in [2.05, 4.69) is 11.2 Å². The van der Waals surface area contributed by atoms with Crippen LogP contribution < -0.4 is 5.32 Å². The molecule has 2 aromatic carbocycles. The lowest BCUT2D eigenvalue weighted by molar-refractivity contribution is -0.149. The number of rotatable bonds is 8. The van der Waals surface area contributed by atoms with Gasteiger partial charge in [0.1, 0.15) is 18.2 Å². The van der Waals surface area contributed by atoms with Crippen molar-refractivity contribution in [2.24, 2.45) is 0 Å². The number of carbonyl (C=O) groups excluding carboxylic acids is 3. The predicted octanol–water partition coefficient (Wildman–Crippen LogP) is 3.84. The molecule has 3 atom stereocenters. The number of amides is 3. The first-order valence-corrected chi connectivity index (χ1v) is 16.3. The molecule has 2 saturated heterocycles. The largest absolute Gasteiger partial charge is 0.399 e. The first kappa shape index (κ1) is 31.8. The maximum atomic E-state index is 14.2. The summed E-state index contributed by atoms with van der Waals surface area (Å²) in [5.74, 6) is 1.03. The highest BCUT2D eigenvalue weighted by molar-refractivity contribution is 7.52. The Morgan fingerprint density at radius 1 is 1.16 bits per heavy atom. The maximum absolute atomic E-state index is 14.2. The molecule has 0 spiro atoms. The quantitative estimate of drug-likeness (QED) is 0.250. The van der Waals surface area contributed by atoms with Crippen LogP contribution >= 0.6 is 18.9 Å². The van der Waals surface area contributed by atoms with Crippen molar-refractivity contribution >= 4 is 46.7 Å². The Kier molecular flexibility index (Phi) is 9.20. The van der Waals surface area contributed by atoms with Crippen LogP contribution in [-0.4, -0.2) is 75.6 Å². The van der Waals surface area contributed by atoms with Gasteiger partial charge < -0.3 is 29.6 Å². The minimum Gasteiger partial charge on any atom is -0.370 e. The molecule has 10 nitrogen and oxygen atoms in total. The van der Waals surface area contributed by atoms with Crippen LogP contribution in [0, 0.1) is 12.3 Å². The zero-order valence-corrected chi connectivity index (χ0v) is 25.1. The monoisotopic (exact) mass is 645 g/mol. The Balaban J connectivity index is 1.29. The molecule has 3 amide bonds. The molecule has 3 heterocycles. The van der Waals surface area contributed by atoms with Crippen molar-refractivity contribution < 1.29 is 42.3 Å². The molecule has 2 aliphatic heterocycles. The Bertz CT molecular complexity index is 1650. The highest BCUT2D eigenvalue weighted by Crippen LogP contribution is 2.59. The third-order valence-electron chi connectivity index (χ3n) is 7.75. The van der Waals surface area contributed by atoms with E-state index in [0.717, 1.165) is 29.0 Å². The summed E-state index contributed by atoms with van der Waals surface area (Å²) in [6.07, 6.45) is 6.16. The minimum atomic E-state index is -5.77. The van der Waals surface area contributed by atoms with E-state index in [0.29, 0.717) is 43.8 Å². The van der Waals surface area contributed by atoms with Gasteiger partial charge in [0.15, 0.2) is 0 Å². The molecule has 14 heteroatoms. The van der Waals surface area contributed by atoms with Crippen molar-refractivity contribution in [3.8, 4) is 12.3 Å². The summed E-state index contributed by atoms with van der Waals surface area (Å²) < 4.78 is 46.0. The standard InChI is InChI=1S/C30H30F2N3O7PS/c1-2-7-22(33-27(36)26-17-20-16-21(11-12-25(20)44-26)30(31,32)43(39,40)41)28(37)35-13-6-10-23(35)29(38)34-14-15-42-24(18-34)19-8-4-3-5-9-19/h1,3-5,8-9,11-12,16-17,22-24H,6-7,10,13-15,18H2,(H,33,36)(H2,39,40,41)/t22-,23-,24+/m0/s1. The van der Waals surface area contributed by atoms with E-state index in [-0.39, 0.29) is 28.7 Å². The highest BCUT2D eigenvalue weighted by atomic mass is 32.1. The summed E-state index contributed by atoms with van der Waals surface area (Å²) in [4.78, 5) is 61.9. The number of terminal acetylenes is 1. The van der Waals surface area contributed by atoms with Crippen LogP contribution in [0.1, 0.15) is 46.2 Å². The minimum absolute atomic E-state index is 0.0841. The molecular weight excluding hydrogens is 615 g/mol.